The summed E-state index contributed by atoms with van der Waals surface area (Å²) in [6.07, 6.45) is -3.27. The topological polar surface area (TPSA) is 106 Å². The number of hydrogen-bond acceptors (Lipinski definition) is 9. The number of aromatic nitrogens is 2. The summed E-state index contributed by atoms with van der Waals surface area (Å²) in [6, 6.07) is 10.00. The normalized spacial score (nSPS) is 15.7. The third kappa shape index (κ3) is 4.96. The van der Waals surface area contributed by atoms with Crippen molar-refractivity contribution in [1.29, 1.82) is 0 Å². The van der Waals surface area contributed by atoms with Crippen molar-refractivity contribution in [2.45, 2.75) is 12.7 Å². The highest BCUT2D eigenvalue weighted by atomic mass is 19.4. The van der Waals surface area contributed by atoms with Gasteiger partial charge >= 0.3 is 11.9 Å². The summed E-state index contributed by atoms with van der Waals surface area (Å²) in [6.45, 7) is 3.21. The molecule has 2 aromatic carbocycles. The summed E-state index contributed by atoms with van der Waals surface area (Å²) in [5, 5.41) is 14.7. The van der Waals surface area contributed by atoms with Gasteiger partial charge in [-0.25, -0.2) is 9.97 Å². The fourth-order valence-corrected chi connectivity index (χ4v) is 4.16. The zero-order valence-corrected chi connectivity index (χ0v) is 18.9. The van der Waals surface area contributed by atoms with Gasteiger partial charge in [-0.05, 0) is 42.0 Å². The van der Waals surface area contributed by atoms with E-state index in [1.54, 1.807) is 0 Å². The number of rotatable bonds is 6. The van der Waals surface area contributed by atoms with Gasteiger partial charge in [0.25, 0.3) is 0 Å². The van der Waals surface area contributed by atoms with E-state index in [1.807, 2.05) is 23.1 Å². The van der Waals surface area contributed by atoms with Crippen LogP contribution < -0.4 is 19.7 Å². The summed E-state index contributed by atoms with van der Waals surface area (Å²) in [5.41, 5.74) is 0.166. The van der Waals surface area contributed by atoms with E-state index in [-0.39, 0.29) is 29.8 Å². The number of nitrogens with one attached hydrogen (secondary N) is 1. The summed E-state index contributed by atoms with van der Waals surface area (Å²) >= 11 is 0. The number of piperazine rings is 1. The molecule has 13 heteroatoms. The average molecular weight is 502 g/mol. The number of nitro groups is 1. The maximum absolute atomic E-state index is 12.8. The number of fused-ring (bicyclic) bond motifs is 1. The van der Waals surface area contributed by atoms with Crippen LogP contribution in [0.1, 0.15) is 11.1 Å². The lowest BCUT2D eigenvalue weighted by Crippen LogP contribution is -2.46. The van der Waals surface area contributed by atoms with E-state index in [2.05, 4.69) is 20.2 Å². The van der Waals surface area contributed by atoms with Crippen molar-refractivity contribution in [1.82, 2.24) is 14.9 Å². The first kappa shape index (κ1) is 23.6. The van der Waals surface area contributed by atoms with Crippen molar-refractivity contribution in [3.8, 4) is 11.5 Å². The van der Waals surface area contributed by atoms with Crippen LogP contribution in [0.25, 0.3) is 0 Å². The molecule has 0 aliphatic carbocycles. The van der Waals surface area contributed by atoms with E-state index in [4.69, 9.17) is 9.47 Å². The Kier molecular flexibility index (Phi) is 6.22. The average Bonchev–Trinajstić information content (AvgIpc) is 3.32. The highest BCUT2D eigenvalue weighted by molar-refractivity contribution is 5.74. The van der Waals surface area contributed by atoms with Crippen LogP contribution in [-0.2, 0) is 12.7 Å². The van der Waals surface area contributed by atoms with Gasteiger partial charge < -0.3 is 19.7 Å². The Balaban J connectivity index is 1.28. The monoisotopic (exact) mass is 502 g/mol. The minimum atomic E-state index is -4.47. The van der Waals surface area contributed by atoms with Gasteiger partial charge in [0.15, 0.2) is 11.5 Å². The summed E-state index contributed by atoms with van der Waals surface area (Å²) in [4.78, 5) is 23.5. The number of halogens is 3. The van der Waals surface area contributed by atoms with Crippen molar-refractivity contribution < 1.29 is 27.6 Å². The van der Waals surface area contributed by atoms with Crippen molar-refractivity contribution in [3.63, 3.8) is 0 Å². The van der Waals surface area contributed by atoms with Gasteiger partial charge in [-0.1, -0.05) is 6.07 Å². The SMILES string of the molecule is O=[N+]([O-])c1c(Nc2ccc(C(F)(F)F)cc2)ncnc1N1CCN(Cc2ccc3c(c2)OCO3)CC1. The van der Waals surface area contributed by atoms with Crippen LogP contribution in [0.3, 0.4) is 0 Å². The van der Waals surface area contributed by atoms with Gasteiger partial charge in [0, 0.05) is 38.4 Å². The maximum atomic E-state index is 12.8. The molecule has 0 spiro atoms. The molecule has 1 saturated heterocycles. The van der Waals surface area contributed by atoms with Crippen molar-refractivity contribution in [3.05, 3.63) is 70.0 Å². The zero-order valence-electron chi connectivity index (χ0n) is 18.9. The molecule has 3 aromatic rings. The van der Waals surface area contributed by atoms with Crippen LogP contribution in [0.2, 0.25) is 0 Å². The van der Waals surface area contributed by atoms with Gasteiger partial charge in [0.2, 0.25) is 18.4 Å². The first-order valence-corrected chi connectivity index (χ1v) is 11.1. The predicted octanol–water partition coefficient (Wildman–Crippen LogP) is 4.20. The quantitative estimate of drug-likeness (QED) is 0.392. The van der Waals surface area contributed by atoms with Gasteiger partial charge in [0.1, 0.15) is 6.33 Å². The molecule has 0 bridgehead atoms. The molecule has 36 heavy (non-hydrogen) atoms. The molecule has 1 aromatic heterocycles. The Bertz CT molecular complexity index is 1260. The fraction of sp³-hybridized carbons (Fsp3) is 0.304. The number of nitrogens with zero attached hydrogens (tertiary/aromatic N) is 5. The third-order valence-electron chi connectivity index (χ3n) is 5.98. The third-order valence-corrected chi connectivity index (χ3v) is 5.98. The Hall–Kier alpha value is -4.13. The van der Waals surface area contributed by atoms with Crippen LogP contribution >= 0.6 is 0 Å². The van der Waals surface area contributed by atoms with Gasteiger partial charge in [0.05, 0.1) is 10.5 Å². The number of benzene rings is 2. The molecule has 1 fully saturated rings. The van der Waals surface area contributed by atoms with E-state index in [0.29, 0.717) is 32.7 Å². The lowest BCUT2D eigenvalue weighted by atomic mass is 10.1. The lowest BCUT2D eigenvalue weighted by Gasteiger charge is -2.35. The second kappa shape index (κ2) is 9.49. The fourth-order valence-electron chi connectivity index (χ4n) is 4.16. The molecule has 0 radical (unpaired) electrons. The van der Waals surface area contributed by atoms with Crippen LogP contribution in [0.15, 0.2) is 48.8 Å². The van der Waals surface area contributed by atoms with Gasteiger partial charge in [-0.15, -0.1) is 0 Å². The second-order valence-corrected chi connectivity index (χ2v) is 8.30. The standard InChI is InChI=1S/C23H21F3N6O4/c24-23(25,26)16-2-4-17(5-3-16)29-21-20(32(33)34)22(28-13-27-21)31-9-7-30(8-10-31)12-15-1-6-18-19(11-15)36-14-35-18/h1-6,11,13H,7-10,12,14H2,(H,27,28,29). The molecule has 0 amide bonds. The largest absolute Gasteiger partial charge is 0.454 e. The molecule has 2 aliphatic heterocycles. The highest BCUT2D eigenvalue weighted by Gasteiger charge is 2.31. The summed E-state index contributed by atoms with van der Waals surface area (Å²) in [7, 11) is 0. The smallest absolute Gasteiger partial charge is 0.416 e. The molecule has 188 valence electrons. The van der Waals surface area contributed by atoms with E-state index >= 15 is 0 Å². The number of anilines is 3. The van der Waals surface area contributed by atoms with Crippen LogP contribution in [-0.4, -0.2) is 52.8 Å². The Morgan fingerprint density at radius 2 is 1.72 bits per heavy atom. The molecule has 3 heterocycles. The molecule has 2 aliphatic rings. The lowest BCUT2D eigenvalue weighted by molar-refractivity contribution is -0.383. The summed E-state index contributed by atoms with van der Waals surface area (Å²) < 4.78 is 49.3. The van der Waals surface area contributed by atoms with Gasteiger partial charge in [-0.3, -0.25) is 15.0 Å². The molecule has 1 N–H and O–H groups in total. The predicted molar refractivity (Wildman–Crippen MR) is 123 cm³/mol. The molecule has 10 nitrogen and oxygen atoms in total. The molecule has 0 atom stereocenters. The number of hydrogen-bond donors (Lipinski definition) is 1. The number of alkyl halides is 3. The van der Waals surface area contributed by atoms with E-state index in [1.165, 1.54) is 18.5 Å². The van der Waals surface area contributed by atoms with Crippen molar-refractivity contribution in [2.24, 2.45) is 0 Å². The van der Waals surface area contributed by atoms with Crippen molar-refractivity contribution in [2.75, 3.05) is 43.2 Å². The molecular formula is C23H21F3N6O4. The van der Waals surface area contributed by atoms with Gasteiger partial charge in [-0.2, -0.15) is 13.2 Å². The van der Waals surface area contributed by atoms with Crippen molar-refractivity contribution >= 4 is 23.0 Å². The first-order chi connectivity index (χ1) is 17.3. The van der Waals surface area contributed by atoms with E-state index in [9.17, 15) is 23.3 Å². The molecule has 0 saturated carbocycles. The summed E-state index contributed by atoms with van der Waals surface area (Å²) in [5.74, 6) is 1.51. The first-order valence-electron chi connectivity index (χ1n) is 11.1. The minimum Gasteiger partial charge on any atom is -0.454 e. The molecular weight excluding hydrogens is 481 g/mol. The Labute approximate surface area is 203 Å². The van der Waals surface area contributed by atoms with E-state index in [0.717, 1.165) is 29.2 Å². The minimum absolute atomic E-state index is 0.0902. The molecule has 5 rings (SSSR count). The zero-order chi connectivity index (χ0) is 25.3. The maximum Gasteiger partial charge on any atom is 0.416 e. The van der Waals surface area contributed by atoms with Crippen LogP contribution in [0.4, 0.5) is 36.2 Å². The van der Waals surface area contributed by atoms with Crippen LogP contribution in [0, 0.1) is 10.1 Å². The number of ether oxygens (including phenoxy) is 2. The van der Waals surface area contributed by atoms with E-state index < -0.39 is 16.7 Å². The highest BCUT2D eigenvalue weighted by Crippen LogP contribution is 2.36. The Morgan fingerprint density at radius 1 is 1.00 bits per heavy atom. The Morgan fingerprint density at radius 3 is 2.42 bits per heavy atom. The van der Waals surface area contributed by atoms with Crippen LogP contribution in [0.5, 0.6) is 11.5 Å². The second-order valence-electron chi connectivity index (χ2n) is 8.30. The molecule has 0 unspecified atom stereocenters.